The largest absolute Gasteiger partial charge is 0.497 e. The maximum Gasteiger partial charge on any atom is 0.181 e. The summed E-state index contributed by atoms with van der Waals surface area (Å²) in [4.78, 5) is 0.308. The van der Waals surface area contributed by atoms with Crippen LogP contribution in [0, 0.1) is 0 Å². The third kappa shape index (κ3) is 2.67. The second kappa shape index (κ2) is 5.28. The van der Waals surface area contributed by atoms with Gasteiger partial charge in [0.05, 0.1) is 23.4 Å². The molecule has 1 aromatic rings. The van der Waals surface area contributed by atoms with E-state index in [0.29, 0.717) is 29.9 Å². The lowest BCUT2D eigenvalue weighted by Crippen LogP contribution is -2.30. The van der Waals surface area contributed by atoms with E-state index in [2.05, 4.69) is 0 Å². The lowest BCUT2D eigenvalue weighted by Gasteiger charge is -2.25. The molecule has 2 rings (SSSR count). The highest BCUT2D eigenvalue weighted by atomic mass is 32.2. The van der Waals surface area contributed by atoms with Crippen molar-refractivity contribution in [3.63, 3.8) is 0 Å². The molecule has 1 aliphatic carbocycles. The first-order valence-corrected chi connectivity index (χ1v) is 7.64. The SMILES string of the molecule is COc1ccc(S(=O)(=O)C2CCCC(O)C2)cc1. The average molecular weight is 270 g/mol. The fourth-order valence-corrected chi connectivity index (χ4v) is 4.21. The quantitative estimate of drug-likeness (QED) is 0.909. The topological polar surface area (TPSA) is 63.6 Å². The summed E-state index contributed by atoms with van der Waals surface area (Å²) in [7, 11) is -1.79. The van der Waals surface area contributed by atoms with Crippen LogP contribution in [-0.2, 0) is 9.84 Å². The summed E-state index contributed by atoms with van der Waals surface area (Å²) in [6.45, 7) is 0. The molecule has 0 heterocycles. The fraction of sp³-hybridized carbons (Fsp3) is 0.538. The van der Waals surface area contributed by atoms with Crippen LogP contribution in [0.2, 0.25) is 0 Å². The zero-order valence-electron chi connectivity index (χ0n) is 10.4. The van der Waals surface area contributed by atoms with Gasteiger partial charge in [-0.05, 0) is 49.9 Å². The van der Waals surface area contributed by atoms with E-state index in [1.807, 2.05) is 0 Å². The maximum absolute atomic E-state index is 12.4. The first-order valence-electron chi connectivity index (χ1n) is 6.10. The van der Waals surface area contributed by atoms with E-state index in [1.54, 1.807) is 31.4 Å². The Labute approximate surface area is 108 Å². The van der Waals surface area contributed by atoms with E-state index in [9.17, 15) is 13.5 Å². The number of aliphatic hydroxyl groups is 1. The van der Waals surface area contributed by atoms with Crippen LogP contribution < -0.4 is 4.74 Å². The van der Waals surface area contributed by atoms with Crippen LogP contribution in [0.5, 0.6) is 5.75 Å². The molecule has 0 spiro atoms. The van der Waals surface area contributed by atoms with Gasteiger partial charge in [-0.25, -0.2) is 8.42 Å². The molecule has 0 amide bonds. The number of ether oxygens (including phenoxy) is 1. The van der Waals surface area contributed by atoms with Crippen LogP contribution in [0.3, 0.4) is 0 Å². The van der Waals surface area contributed by atoms with Crippen LogP contribution in [0.15, 0.2) is 29.2 Å². The van der Waals surface area contributed by atoms with Gasteiger partial charge in [0.2, 0.25) is 0 Å². The second-order valence-electron chi connectivity index (χ2n) is 4.66. The Kier molecular flexibility index (Phi) is 3.92. The summed E-state index contributed by atoms with van der Waals surface area (Å²) < 4.78 is 29.8. The molecule has 2 unspecified atom stereocenters. The molecule has 0 aromatic heterocycles. The van der Waals surface area contributed by atoms with Gasteiger partial charge in [-0.2, -0.15) is 0 Å². The summed E-state index contributed by atoms with van der Waals surface area (Å²) in [5.41, 5.74) is 0. The summed E-state index contributed by atoms with van der Waals surface area (Å²) in [5.74, 6) is 0.637. The molecule has 1 aromatic carbocycles. The molecule has 0 saturated heterocycles. The molecule has 5 heteroatoms. The number of aliphatic hydroxyl groups excluding tert-OH is 1. The minimum atomic E-state index is -3.34. The van der Waals surface area contributed by atoms with Gasteiger partial charge in [-0.3, -0.25) is 0 Å². The van der Waals surface area contributed by atoms with Crippen LogP contribution in [0.4, 0.5) is 0 Å². The molecular weight excluding hydrogens is 252 g/mol. The molecule has 0 radical (unpaired) electrons. The second-order valence-corrected chi connectivity index (χ2v) is 6.89. The first-order chi connectivity index (χ1) is 8.54. The maximum atomic E-state index is 12.4. The molecule has 0 bridgehead atoms. The fourth-order valence-electron chi connectivity index (χ4n) is 2.36. The molecule has 1 saturated carbocycles. The minimum absolute atomic E-state index is 0.308. The van der Waals surface area contributed by atoms with E-state index in [-0.39, 0.29) is 0 Å². The van der Waals surface area contributed by atoms with Gasteiger partial charge in [0, 0.05) is 0 Å². The van der Waals surface area contributed by atoms with E-state index < -0.39 is 21.2 Å². The number of methoxy groups -OCH3 is 1. The first kappa shape index (κ1) is 13.4. The predicted octanol–water partition coefficient (Wildman–Crippen LogP) is 1.77. The van der Waals surface area contributed by atoms with Crippen molar-refractivity contribution in [3.8, 4) is 5.75 Å². The highest BCUT2D eigenvalue weighted by Crippen LogP contribution is 2.29. The molecule has 1 N–H and O–H groups in total. The van der Waals surface area contributed by atoms with Crippen LogP contribution >= 0.6 is 0 Å². The molecule has 0 aliphatic heterocycles. The molecule has 100 valence electrons. The van der Waals surface area contributed by atoms with Crippen LogP contribution in [0.25, 0.3) is 0 Å². The molecule has 2 atom stereocenters. The molecule has 1 aliphatic rings. The van der Waals surface area contributed by atoms with E-state index >= 15 is 0 Å². The van der Waals surface area contributed by atoms with Gasteiger partial charge >= 0.3 is 0 Å². The predicted molar refractivity (Wildman–Crippen MR) is 68.4 cm³/mol. The Morgan fingerprint density at radius 2 is 1.89 bits per heavy atom. The Hall–Kier alpha value is -1.07. The van der Waals surface area contributed by atoms with Crippen molar-refractivity contribution in [1.82, 2.24) is 0 Å². The van der Waals surface area contributed by atoms with Crippen molar-refractivity contribution >= 4 is 9.84 Å². The smallest absolute Gasteiger partial charge is 0.181 e. The van der Waals surface area contributed by atoms with Crippen molar-refractivity contribution in [1.29, 1.82) is 0 Å². The lowest BCUT2D eigenvalue weighted by molar-refractivity contribution is 0.131. The van der Waals surface area contributed by atoms with Gasteiger partial charge in [-0.15, -0.1) is 0 Å². The number of hydrogen-bond donors (Lipinski definition) is 1. The monoisotopic (exact) mass is 270 g/mol. The zero-order chi connectivity index (χ0) is 13.2. The van der Waals surface area contributed by atoms with Crippen LogP contribution in [0.1, 0.15) is 25.7 Å². The Morgan fingerprint density at radius 1 is 1.22 bits per heavy atom. The van der Waals surface area contributed by atoms with Crippen molar-refractivity contribution in [2.75, 3.05) is 7.11 Å². The normalized spacial score (nSPS) is 24.8. The molecule has 4 nitrogen and oxygen atoms in total. The highest BCUT2D eigenvalue weighted by Gasteiger charge is 2.32. The minimum Gasteiger partial charge on any atom is -0.497 e. The van der Waals surface area contributed by atoms with Crippen molar-refractivity contribution in [2.45, 2.75) is 41.9 Å². The Balaban J connectivity index is 2.23. The third-order valence-electron chi connectivity index (χ3n) is 3.43. The van der Waals surface area contributed by atoms with Gasteiger partial charge in [-0.1, -0.05) is 0 Å². The van der Waals surface area contributed by atoms with Crippen molar-refractivity contribution in [2.24, 2.45) is 0 Å². The number of rotatable bonds is 3. The average Bonchev–Trinajstić information content (AvgIpc) is 2.39. The molecular formula is C13H18O4S. The summed E-state index contributed by atoms with van der Waals surface area (Å²) in [6.07, 6.45) is 1.95. The Morgan fingerprint density at radius 3 is 2.44 bits per heavy atom. The third-order valence-corrected chi connectivity index (χ3v) is 5.66. The summed E-state index contributed by atoms with van der Waals surface area (Å²) in [6, 6.07) is 6.42. The summed E-state index contributed by atoms with van der Waals surface area (Å²) in [5, 5.41) is 9.12. The number of sulfone groups is 1. The van der Waals surface area contributed by atoms with Gasteiger partial charge in [0.25, 0.3) is 0 Å². The van der Waals surface area contributed by atoms with Gasteiger partial charge in [0.1, 0.15) is 5.75 Å². The molecule has 1 fully saturated rings. The van der Waals surface area contributed by atoms with E-state index in [4.69, 9.17) is 4.74 Å². The van der Waals surface area contributed by atoms with E-state index in [1.165, 1.54) is 0 Å². The number of hydrogen-bond acceptors (Lipinski definition) is 4. The number of benzene rings is 1. The zero-order valence-corrected chi connectivity index (χ0v) is 11.2. The highest BCUT2D eigenvalue weighted by molar-refractivity contribution is 7.92. The van der Waals surface area contributed by atoms with Gasteiger partial charge in [0.15, 0.2) is 9.84 Å². The van der Waals surface area contributed by atoms with Gasteiger partial charge < -0.3 is 9.84 Å². The summed E-state index contributed by atoms with van der Waals surface area (Å²) >= 11 is 0. The lowest BCUT2D eigenvalue weighted by atomic mass is 9.97. The van der Waals surface area contributed by atoms with Crippen molar-refractivity contribution in [3.05, 3.63) is 24.3 Å². The molecule has 18 heavy (non-hydrogen) atoms. The Bertz CT molecular complexity index is 492. The van der Waals surface area contributed by atoms with Crippen molar-refractivity contribution < 1.29 is 18.3 Å². The standard InChI is InChI=1S/C13H18O4S/c1-17-11-5-7-12(8-6-11)18(15,16)13-4-2-3-10(14)9-13/h5-8,10,13-14H,2-4,9H2,1H3. The van der Waals surface area contributed by atoms with Crippen LogP contribution in [-0.4, -0.2) is 32.0 Å². The van der Waals surface area contributed by atoms with E-state index in [0.717, 1.165) is 6.42 Å².